The summed E-state index contributed by atoms with van der Waals surface area (Å²) in [6.45, 7) is 2.12. The number of aryl methyl sites for hydroxylation is 1. The van der Waals surface area contributed by atoms with Crippen LogP contribution in [0.25, 0.3) is 0 Å². The van der Waals surface area contributed by atoms with Crippen LogP contribution in [0.15, 0.2) is 53.0 Å². The number of amides is 1. The molecule has 4 rings (SSSR count). The van der Waals surface area contributed by atoms with Crippen molar-refractivity contribution >= 4 is 23.0 Å². The molecule has 0 fully saturated rings. The normalized spacial score (nSPS) is 23.4. The van der Waals surface area contributed by atoms with Crippen LogP contribution in [0.1, 0.15) is 54.0 Å². The van der Waals surface area contributed by atoms with Gasteiger partial charge in [-0.25, -0.2) is 0 Å². The second-order valence-electron chi connectivity index (χ2n) is 6.84. The summed E-state index contributed by atoms with van der Waals surface area (Å²) in [6, 6.07) is 12.5. The number of Topliss-reactive ketones (excluding diaryl/α,β-unsaturated/α-hetero) is 1. The molecule has 2 heterocycles. The van der Waals surface area contributed by atoms with Crippen molar-refractivity contribution in [2.24, 2.45) is 0 Å². The molecular weight excluding hydrogens is 330 g/mol. The summed E-state index contributed by atoms with van der Waals surface area (Å²) in [7, 11) is 0. The lowest BCUT2D eigenvalue weighted by Gasteiger charge is -2.34. The van der Waals surface area contributed by atoms with Crippen molar-refractivity contribution in [1.29, 1.82) is 0 Å². The second kappa shape index (κ2) is 6.60. The smallest absolute Gasteiger partial charge is 0.225 e. The van der Waals surface area contributed by atoms with Gasteiger partial charge in [0.15, 0.2) is 5.78 Å². The van der Waals surface area contributed by atoms with E-state index in [1.54, 1.807) is 11.3 Å². The molecule has 0 radical (unpaired) electrons. The monoisotopic (exact) mass is 351 g/mol. The van der Waals surface area contributed by atoms with Gasteiger partial charge in [-0.15, -0.1) is 11.3 Å². The van der Waals surface area contributed by atoms with Crippen molar-refractivity contribution in [3.63, 3.8) is 0 Å². The number of carbonyl (C=O) groups excluding carboxylic acids is 2. The summed E-state index contributed by atoms with van der Waals surface area (Å²) < 4.78 is 0. The highest BCUT2D eigenvalue weighted by molar-refractivity contribution is 7.10. The fourth-order valence-corrected chi connectivity index (χ4v) is 4.79. The van der Waals surface area contributed by atoms with E-state index in [-0.39, 0.29) is 23.5 Å². The number of hydrogen-bond acceptors (Lipinski definition) is 3. The summed E-state index contributed by atoms with van der Waals surface area (Å²) >= 11 is 1.69. The molecule has 2 aromatic rings. The number of thiophene rings is 1. The largest absolute Gasteiger partial charge is 0.329 e. The predicted molar refractivity (Wildman–Crippen MR) is 99.6 cm³/mol. The minimum Gasteiger partial charge on any atom is -0.329 e. The molecule has 1 aromatic carbocycles. The Morgan fingerprint density at radius 3 is 2.56 bits per heavy atom. The Hall–Kier alpha value is -2.20. The maximum Gasteiger partial charge on any atom is 0.225 e. The SMILES string of the molecule is CCc1ccc([C@@H]2CC(=O)NC3=C2C(=O)C[C@H](c2cccs2)C3)cc1. The third-order valence-corrected chi connectivity index (χ3v) is 6.31. The fourth-order valence-electron chi connectivity index (χ4n) is 3.96. The minimum absolute atomic E-state index is 0.0166. The molecule has 0 saturated heterocycles. The molecule has 0 unspecified atom stereocenters. The standard InChI is InChI=1S/C21H21NO2S/c1-2-13-5-7-14(8-6-13)16-12-20(24)22-17-10-15(11-18(23)21(16)17)19-4-3-9-25-19/h3-9,15-16H,2,10-12H2,1H3,(H,22,24)/t15-,16+/m1/s1. The lowest BCUT2D eigenvalue weighted by molar-refractivity contribution is -0.122. The summed E-state index contributed by atoms with van der Waals surface area (Å²) in [5.74, 6) is 0.284. The first kappa shape index (κ1) is 16.3. The zero-order valence-corrected chi connectivity index (χ0v) is 15.1. The van der Waals surface area contributed by atoms with Crippen LogP contribution in [0.5, 0.6) is 0 Å². The number of rotatable bonds is 3. The van der Waals surface area contributed by atoms with Crippen molar-refractivity contribution in [3.8, 4) is 0 Å². The van der Waals surface area contributed by atoms with E-state index in [0.717, 1.165) is 29.7 Å². The van der Waals surface area contributed by atoms with Gasteiger partial charge in [0, 0.05) is 40.8 Å². The van der Waals surface area contributed by atoms with E-state index >= 15 is 0 Å². The third kappa shape index (κ3) is 3.07. The maximum absolute atomic E-state index is 12.9. The van der Waals surface area contributed by atoms with Gasteiger partial charge >= 0.3 is 0 Å². The van der Waals surface area contributed by atoms with Crippen molar-refractivity contribution in [3.05, 3.63) is 69.1 Å². The fraction of sp³-hybridized carbons (Fsp3) is 0.333. The second-order valence-corrected chi connectivity index (χ2v) is 7.82. The average molecular weight is 351 g/mol. The van der Waals surface area contributed by atoms with Gasteiger partial charge in [-0.3, -0.25) is 9.59 Å². The van der Waals surface area contributed by atoms with Gasteiger partial charge in [-0.1, -0.05) is 37.3 Å². The highest BCUT2D eigenvalue weighted by atomic mass is 32.1. The van der Waals surface area contributed by atoms with Crippen LogP contribution < -0.4 is 5.32 Å². The van der Waals surface area contributed by atoms with Crippen LogP contribution in [0, 0.1) is 0 Å². The summed E-state index contributed by atoms with van der Waals surface area (Å²) in [5, 5.41) is 5.03. The molecule has 128 valence electrons. The molecule has 0 bridgehead atoms. The van der Waals surface area contributed by atoms with Crippen LogP contribution >= 0.6 is 11.3 Å². The number of ketones is 1. The molecule has 2 aliphatic rings. The number of nitrogens with one attached hydrogen (secondary N) is 1. The van der Waals surface area contributed by atoms with Gasteiger partial charge in [0.2, 0.25) is 5.91 Å². The van der Waals surface area contributed by atoms with Crippen molar-refractivity contribution < 1.29 is 9.59 Å². The Balaban J connectivity index is 1.70. The Bertz CT molecular complexity index is 833. The number of benzene rings is 1. The van der Waals surface area contributed by atoms with Crippen molar-refractivity contribution in [2.45, 2.75) is 44.4 Å². The average Bonchev–Trinajstić information content (AvgIpc) is 3.15. The first-order chi connectivity index (χ1) is 12.2. The zero-order chi connectivity index (χ0) is 17.4. The zero-order valence-electron chi connectivity index (χ0n) is 14.2. The van der Waals surface area contributed by atoms with Crippen molar-refractivity contribution in [2.75, 3.05) is 0 Å². The van der Waals surface area contributed by atoms with Gasteiger partial charge in [0.25, 0.3) is 0 Å². The van der Waals surface area contributed by atoms with Crippen LogP contribution in [-0.4, -0.2) is 11.7 Å². The molecule has 1 amide bonds. The van der Waals surface area contributed by atoms with Gasteiger partial charge < -0.3 is 5.32 Å². The minimum atomic E-state index is -0.105. The number of allylic oxidation sites excluding steroid dienone is 2. The molecule has 1 N–H and O–H groups in total. The van der Waals surface area contributed by atoms with E-state index in [9.17, 15) is 9.59 Å². The Labute approximate surface area is 151 Å². The predicted octanol–water partition coefficient (Wildman–Crippen LogP) is 4.31. The van der Waals surface area contributed by atoms with Crippen LogP contribution in [0.2, 0.25) is 0 Å². The highest BCUT2D eigenvalue weighted by Crippen LogP contribution is 2.43. The van der Waals surface area contributed by atoms with E-state index < -0.39 is 0 Å². The molecular formula is C21H21NO2S. The summed E-state index contributed by atoms with van der Waals surface area (Å²) in [4.78, 5) is 26.4. The van der Waals surface area contributed by atoms with Gasteiger partial charge in [0.1, 0.15) is 0 Å². The highest BCUT2D eigenvalue weighted by Gasteiger charge is 2.38. The van der Waals surface area contributed by atoms with Gasteiger partial charge in [-0.2, -0.15) is 0 Å². The molecule has 25 heavy (non-hydrogen) atoms. The molecule has 0 saturated carbocycles. The first-order valence-corrected chi connectivity index (χ1v) is 9.72. The summed E-state index contributed by atoms with van der Waals surface area (Å²) in [5.41, 5.74) is 4.01. The van der Waals surface area contributed by atoms with E-state index in [2.05, 4.69) is 42.6 Å². The van der Waals surface area contributed by atoms with Crippen LogP contribution in [0.4, 0.5) is 0 Å². The molecule has 2 atom stereocenters. The topological polar surface area (TPSA) is 46.2 Å². The quantitative estimate of drug-likeness (QED) is 0.895. The van der Waals surface area contributed by atoms with Crippen LogP contribution in [-0.2, 0) is 16.0 Å². The Morgan fingerprint density at radius 1 is 1.08 bits per heavy atom. The van der Waals surface area contributed by atoms with Gasteiger partial charge in [-0.05, 0) is 35.4 Å². The maximum atomic E-state index is 12.9. The molecule has 1 aliphatic heterocycles. The van der Waals surface area contributed by atoms with E-state index in [1.807, 2.05) is 11.4 Å². The lowest BCUT2D eigenvalue weighted by atomic mass is 9.74. The summed E-state index contributed by atoms with van der Waals surface area (Å²) in [6.07, 6.45) is 2.64. The van der Waals surface area contributed by atoms with E-state index in [4.69, 9.17) is 0 Å². The number of hydrogen-bond donors (Lipinski definition) is 1. The van der Waals surface area contributed by atoms with Crippen molar-refractivity contribution in [1.82, 2.24) is 5.32 Å². The molecule has 3 nitrogen and oxygen atoms in total. The van der Waals surface area contributed by atoms with E-state index in [1.165, 1.54) is 10.4 Å². The van der Waals surface area contributed by atoms with Gasteiger partial charge in [0.05, 0.1) is 0 Å². The number of carbonyl (C=O) groups is 2. The Kier molecular flexibility index (Phi) is 4.30. The molecule has 1 aromatic heterocycles. The Morgan fingerprint density at radius 2 is 1.88 bits per heavy atom. The third-order valence-electron chi connectivity index (χ3n) is 5.27. The van der Waals surface area contributed by atoms with E-state index in [0.29, 0.717) is 12.8 Å². The molecule has 4 heteroatoms. The molecule has 1 aliphatic carbocycles. The van der Waals surface area contributed by atoms with Crippen LogP contribution in [0.3, 0.4) is 0 Å². The molecule has 0 spiro atoms. The lowest BCUT2D eigenvalue weighted by Crippen LogP contribution is -2.38. The first-order valence-electron chi connectivity index (χ1n) is 8.84.